The van der Waals surface area contributed by atoms with Crippen LogP contribution in [0.5, 0.6) is 0 Å². The second-order valence-electron chi connectivity index (χ2n) is 12.4. The van der Waals surface area contributed by atoms with E-state index >= 15 is 0 Å². The van der Waals surface area contributed by atoms with Gasteiger partial charge < -0.3 is 28.4 Å². The van der Waals surface area contributed by atoms with Gasteiger partial charge in [-0.05, 0) is 57.4 Å². The molecule has 9 atom stereocenters. The molecule has 1 saturated heterocycles. The lowest BCUT2D eigenvalue weighted by Gasteiger charge is -2.60. The van der Waals surface area contributed by atoms with E-state index in [0.29, 0.717) is 25.7 Å². The van der Waals surface area contributed by atoms with Crippen molar-refractivity contribution in [1.82, 2.24) is 0 Å². The Kier molecular flexibility index (Phi) is 8.43. The van der Waals surface area contributed by atoms with Gasteiger partial charge in [-0.1, -0.05) is 44.9 Å². The quantitative estimate of drug-likeness (QED) is 0.267. The predicted octanol–water partition coefficient (Wildman–Crippen LogP) is 4.96. The van der Waals surface area contributed by atoms with Crippen LogP contribution in [0.3, 0.4) is 0 Å². The summed E-state index contributed by atoms with van der Waals surface area (Å²) < 4.78 is 44.1. The molecule has 10 heteroatoms. The molecule has 2 saturated carbocycles. The summed E-state index contributed by atoms with van der Waals surface area (Å²) in [5, 5.41) is 10.2. The molecule has 9 nitrogen and oxygen atoms in total. The fraction of sp³-hybridized carbons (Fsp3) is 0.800. The zero-order valence-corrected chi connectivity index (χ0v) is 25.3. The van der Waals surface area contributed by atoms with Gasteiger partial charge in [0, 0.05) is 23.2 Å². The summed E-state index contributed by atoms with van der Waals surface area (Å²) >= 11 is 0. The Hall–Kier alpha value is -1.19. The minimum atomic E-state index is -3.51. The molecule has 5 aliphatic rings. The van der Waals surface area contributed by atoms with Crippen LogP contribution < -0.4 is 0 Å². The van der Waals surface area contributed by atoms with Crippen molar-refractivity contribution in [2.45, 2.75) is 97.2 Å². The van der Waals surface area contributed by atoms with Crippen LogP contribution in [-0.4, -0.2) is 66.9 Å². The van der Waals surface area contributed by atoms with Gasteiger partial charge in [-0.3, -0.25) is 14.2 Å². The number of hydrogen-bond donors (Lipinski definition) is 1. The van der Waals surface area contributed by atoms with E-state index in [2.05, 4.69) is 19.9 Å². The van der Waals surface area contributed by atoms with E-state index in [9.17, 15) is 19.3 Å². The maximum atomic E-state index is 13.7. The van der Waals surface area contributed by atoms with Gasteiger partial charge >= 0.3 is 7.60 Å². The lowest BCUT2D eigenvalue weighted by molar-refractivity contribution is -0.203. The van der Waals surface area contributed by atoms with E-state index in [1.807, 2.05) is 13.0 Å². The van der Waals surface area contributed by atoms with Gasteiger partial charge in [0.2, 0.25) is 0 Å². The fourth-order valence-electron chi connectivity index (χ4n) is 8.85. The maximum Gasteiger partial charge on any atom is 0.356 e. The number of aliphatic hydroxyl groups is 1. The standard InChI is InChI=1S/C30H45O9P/c1-6-9-26-38-25-15-22-21-11-10-19-14-20(32)12-13-28(19,4)27(21)23(35-18-40(34,36-7-2)37-8-3)16-29(22,5)30(25,39-26)24(33)17-31/h10,12-13,21-23,25-27,31H,6-9,11,14-18H2,1-5H3/t21-,22-,23-,25+,26?,27+,28-,29-,30+/m0/s1. The number of ketones is 2. The Morgan fingerprint density at radius 1 is 1.20 bits per heavy atom. The van der Waals surface area contributed by atoms with E-state index < -0.39 is 49.1 Å². The highest BCUT2D eigenvalue weighted by Crippen LogP contribution is 2.70. The van der Waals surface area contributed by atoms with Gasteiger partial charge in [0.25, 0.3) is 0 Å². The molecule has 0 aromatic heterocycles. The minimum Gasteiger partial charge on any atom is -0.388 e. The molecule has 0 aromatic carbocycles. The monoisotopic (exact) mass is 580 g/mol. The molecule has 224 valence electrons. The number of aliphatic hydroxyl groups excluding tert-OH is 1. The Morgan fingerprint density at radius 3 is 2.58 bits per heavy atom. The third kappa shape index (κ3) is 4.55. The van der Waals surface area contributed by atoms with Crippen LogP contribution in [0, 0.1) is 28.6 Å². The lowest BCUT2D eigenvalue weighted by Crippen LogP contribution is -2.63. The summed E-state index contributed by atoms with van der Waals surface area (Å²) in [6.45, 7) is 9.66. The Balaban J connectivity index is 1.58. The molecule has 1 aliphatic heterocycles. The summed E-state index contributed by atoms with van der Waals surface area (Å²) in [5.41, 5.74) is -1.32. The Morgan fingerprint density at radius 2 is 1.93 bits per heavy atom. The van der Waals surface area contributed by atoms with Gasteiger partial charge in [-0.2, -0.15) is 0 Å². The minimum absolute atomic E-state index is 0.0295. The summed E-state index contributed by atoms with van der Waals surface area (Å²) in [5.74, 6) is -0.136. The van der Waals surface area contributed by atoms with Crippen LogP contribution in [0.15, 0.2) is 23.8 Å². The molecule has 40 heavy (non-hydrogen) atoms. The molecule has 0 aromatic rings. The van der Waals surface area contributed by atoms with Crippen molar-refractivity contribution in [2.24, 2.45) is 28.6 Å². The number of Topliss-reactive ketones (excluding diaryl/α,β-unsaturated/α-hetero) is 1. The summed E-state index contributed by atoms with van der Waals surface area (Å²) in [6.07, 6.45) is 8.02. The van der Waals surface area contributed by atoms with Gasteiger partial charge in [0.1, 0.15) is 13.0 Å². The molecular weight excluding hydrogens is 535 g/mol. The topological polar surface area (TPSA) is 118 Å². The zero-order valence-electron chi connectivity index (χ0n) is 24.4. The second-order valence-corrected chi connectivity index (χ2v) is 14.4. The molecule has 0 radical (unpaired) electrons. The summed E-state index contributed by atoms with van der Waals surface area (Å²) in [7, 11) is -3.51. The molecule has 0 spiro atoms. The van der Waals surface area contributed by atoms with E-state index in [-0.39, 0.29) is 48.9 Å². The van der Waals surface area contributed by atoms with Gasteiger partial charge in [0.15, 0.2) is 23.5 Å². The summed E-state index contributed by atoms with van der Waals surface area (Å²) in [4.78, 5) is 26.0. The number of ether oxygens (including phenoxy) is 3. The first-order valence-corrected chi connectivity index (χ1v) is 16.6. The highest BCUT2D eigenvalue weighted by molar-refractivity contribution is 7.53. The SMILES string of the molecule is CCCC1O[C@@H]2C[C@H]3[C@@H]4CC=C5CC(=O)C=C[C@]5(C)[C@H]4[C@@H](OCP(=O)(OCC)OCC)C[C@]3(C)[C@]2(C(=O)CO)O1. The van der Waals surface area contributed by atoms with Crippen molar-refractivity contribution in [3.63, 3.8) is 0 Å². The average Bonchev–Trinajstić information content (AvgIpc) is 3.39. The normalized spacial score (nSPS) is 42.1. The first kappa shape index (κ1) is 30.3. The third-order valence-electron chi connectivity index (χ3n) is 10.4. The Labute approximate surface area is 237 Å². The zero-order chi connectivity index (χ0) is 28.9. The average molecular weight is 581 g/mol. The largest absolute Gasteiger partial charge is 0.388 e. The molecule has 4 aliphatic carbocycles. The fourth-order valence-corrected chi connectivity index (χ4v) is 10.2. The second kappa shape index (κ2) is 11.1. The van der Waals surface area contributed by atoms with Gasteiger partial charge in [-0.25, -0.2) is 0 Å². The molecule has 1 N–H and O–H groups in total. The molecule has 0 bridgehead atoms. The van der Waals surface area contributed by atoms with Crippen LogP contribution in [0.4, 0.5) is 0 Å². The smallest absolute Gasteiger partial charge is 0.356 e. The van der Waals surface area contributed by atoms with Crippen molar-refractivity contribution in [1.29, 1.82) is 0 Å². The van der Waals surface area contributed by atoms with E-state index in [1.165, 1.54) is 0 Å². The van der Waals surface area contributed by atoms with Crippen molar-refractivity contribution in [2.75, 3.05) is 26.2 Å². The van der Waals surface area contributed by atoms with Crippen molar-refractivity contribution in [3.05, 3.63) is 23.8 Å². The van der Waals surface area contributed by atoms with E-state index in [0.717, 1.165) is 18.4 Å². The van der Waals surface area contributed by atoms with Crippen LogP contribution in [-0.2, 0) is 37.4 Å². The first-order valence-electron chi connectivity index (χ1n) is 14.9. The maximum absolute atomic E-state index is 13.7. The molecule has 1 heterocycles. The Bertz CT molecular complexity index is 1110. The number of allylic oxidation sites excluding steroid dienone is 4. The molecule has 0 amide bonds. The van der Waals surface area contributed by atoms with Crippen LogP contribution in [0.25, 0.3) is 0 Å². The number of rotatable bonds is 11. The number of carbonyl (C=O) groups excluding carboxylic acids is 2. The molecule has 5 rings (SSSR count). The number of fused-ring (bicyclic) bond motifs is 7. The van der Waals surface area contributed by atoms with Crippen molar-refractivity contribution in [3.8, 4) is 0 Å². The lowest BCUT2D eigenvalue weighted by atomic mass is 9.46. The van der Waals surface area contributed by atoms with Crippen molar-refractivity contribution < 1.29 is 42.5 Å². The van der Waals surface area contributed by atoms with E-state index in [4.69, 9.17) is 23.3 Å². The van der Waals surface area contributed by atoms with E-state index in [1.54, 1.807) is 19.9 Å². The third-order valence-corrected chi connectivity index (χ3v) is 12.2. The van der Waals surface area contributed by atoms with Gasteiger partial charge in [0.05, 0.1) is 25.4 Å². The molecule has 1 unspecified atom stereocenters. The van der Waals surface area contributed by atoms with Crippen molar-refractivity contribution >= 4 is 19.2 Å². The highest BCUT2D eigenvalue weighted by atomic mass is 31.2. The van der Waals surface area contributed by atoms with Crippen LogP contribution >= 0.6 is 7.60 Å². The first-order chi connectivity index (χ1) is 19.0. The molecular formula is C30H45O9P. The van der Waals surface area contributed by atoms with Crippen LogP contribution in [0.1, 0.15) is 73.1 Å². The number of carbonyl (C=O) groups is 2. The van der Waals surface area contributed by atoms with Crippen LogP contribution in [0.2, 0.25) is 0 Å². The molecule has 3 fully saturated rings. The highest BCUT2D eigenvalue weighted by Gasteiger charge is 2.75. The number of hydrogen-bond acceptors (Lipinski definition) is 9. The predicted molar refractivity (Wildman–Crippen MR) is 147 cm³/mol. The summed E-state index contributed by atoms with van der Waals surface area (Å²) in [6, 6.07) is 0. The van der Waals surface area contributed by atoms with Gasteiger partial charge in [-0.15, -0.1) is 0 Å².